The lowest BCUT2D eigenvalue weighted by Gasteiger charge is -2.00. The van der Waals surface area contributed by atoms with Gasteiger partial charge in [-0.3, -0.25) is 0 Å². The monoisotopic (exact) mass is 249 g/mol. The highest BCUT2D eigenvalue weighted by Gasteiger charge is 2.03. The van der Waals surface area contributed by atoms with E-state index in [4.69, 9.17) is 11.6 Å². The number of H-pyrrole nitrogens is 1. The van der Waals surface area contributed by atoms with Crippen LogP contribution in [0.1, 0.15) is 19.0 Å². The number of aromatic amines is 1. The molecule has 0 fully saturated rings. The summed E-state index contributed by atoms with van der Waals surface area (Å²) in [6.45, 7) is 3.99. The Bertz CT molecular complexity index is 479. The van der Waals surface area contributed by atoms with E-state index in [9.17, 15) is 0 Å². The Morgan fingerprint density at radius 3 is 3.06 bits per heavy atom. The van der Waals surface area contributed by atoms with Crippen molar-refractivity contribution in [2.24, 2.45) is 0 Å². The van der Waals surface area contributed by atoms with Crippen molar-refractivity contribution in [1.29, 1.82) is 0 Å². The van der Waals surface area contributed by atoms with Gasteiger partial charge in [-0.25, -0.2) is 4.98 Å². The van der Waals surface area contributed by atoms with Crippen molar-refractivity contribution < 1.29 is 0 Å². The van der Waals surface area contributed by atoms with Crippen LogP contribution in [0.3, 0.4) is 0 Å². The lowest BCUT2D eigenvalue weighted by Crippen LogP contribution is -2.13. The van der Waals surface area contributed by atoms with Gasteiger partial charge in [0, 0.05) is 29.0 Å². The van der Waals surface area contributed by atoms with Gasteiger partial charge in [0.2, 0.25) is 0 Å². The fourth-order valence-corrected chi connectivity index (χ4v) is 1.82. The summed E-state index contributed by atoms with van der Waals surface area (Å²) in [7, 11) is 0. The van der Waals surface area contributed by atoms with Gasteiger partial charge in [-0.05, 0) is 25.1 Å². The van der Waals surface area contributed by atoms with Gasteiger partial charge < -0.3 is 10.3 Å². The number of benzene rings is 1. The second kappa shape index (κ2) is 5.84. The molecule has 0 bridgehead atoms. The largest absolute Gasteiger partial charge is 0.341 e. The van der Waals surface area contributed by atoms with Crippen LogP contribution < -0.4 is 5.32 Å². The maximum atomic E-state index is 5.95. The van der Waals surface area contributed by atoms with Crippen LogP contribution in [0.4, 0.5) is 0 Å². The van der Waals surface area contributed by atoms with Crippen molar-refractivity contribution >= 4 is 11.6 Å². The maximum absolute atomic E-state index is 5.95. The number of nitrogens with one attached hydrogen (secondary N) is 2. The van der Waals surface area contributed by atoms with Crippen molar-refractivity contribution in [1.82, 2.24) is 15.3 Å². The number of rotatable bonds is 5. The lowest BCUT2D eigenvalue weighted by molar-refractivity contribution is 0.667. The molecule has 0 aliphatic carbocycles. The fourth-order valence-electron chi connectivity index (χ4n) is 1.63. The minimum Gasteiger partial charge on any atom is -0.341 e. The van der Waals surface area contributed by atoms with E-state index >= 15 is 0 Å². The van der Waals surface area contributed by atoms with Crippen molar-refractivity contribution in [2.45, 2.75) is 19.9 Å². The van der Waals surface area contributed by atoms with E-state index in [1.54, 1.807) is 0 Å². The van der Waals surface area contributed by atoms with Gasteiger partial charge in [-0.1, -0.05) is 30.7 Å². The second-order valence-corrected chi connectivity index (χ2v) is 4.38. The molecule has 0 aliphatic rings. The standard InChI is InChI=1S/C13H16ClN3/c1-2-6-15-8-12-9-16-13(17-12)10-4-3-5-11(14)7-10/h3-5,7,9,15H,2,6,8H2,1H3,(H,16,17). The van der Waals surface area contributed by atoms with E-state index in [0.717, 1.165) is 41.6 Å². The summed E-state index contributed by atoms with van der Waals surface area (Å²) in [5.41, 5.74) is 2.10. The van der Waals surface area contributed by atoms with Crippen LogP contribution >= 0.6 is 11.6 Å². The minimum atomic E-state index is 0.726. The Hall–Kier alpha value is -1.32. The molecule has 1 aromatic heterocycles. The van der Waals surface area contributed by atoms with E-state index in [2.05, 4.69) is 22.2 Å². The Balaban J connectivity index is 2.07. The molecule has 2 rings (SSSR count). The molecular formula is C13H16ClN3. The van der Waals surface area contributed by atoms with Gasteiger partial charge in [0.15, 0.2) is 0 Å². The van der Waals surface area contributed by atoms with Crippen molar-refractivity contribution in [2.75, 3.05) is 6.54 Å². The highest BCUT2D eigenvalue weighted by atomic mass is 35.5. The summed E-state index contributed by atoms with van der Waals surface area (Å²) in [5, 5.41) is 4.06. The average Bonchev–Trinajstić information content (AvgIpc) is 2.78. The zero-order valence-corrected chi connectivity index (χ0v) is 10.6. The first kappa shape index (κ1) is 12.1. The van der Waals surface area contributed by atoms with Gasteiger partial charge in [-0.15, -0.1) is 0 Å². The van der Waals surface area contributed by atoms with Crippen LogP contribution in [-0.4, -0.2) is 16.5 Å². The molecule has 0 amide bonds. The van der Waals surface area contributed by atoms with E-state index in [1.807, 2.05) is 30.5 Å². The smallest absolute Gasteiger partial charge is 0.137 e. The maximum Gasteiger partial charge on any atom is 0.137 e. The van der Waals surface area contributed by atoms with Crippen LogP contribution in [0, 0.1) is 0 Å². The molecule has 0 unspecified atom stereocenters. The highest BCUT2D eigenvalue weighted by Crippen LogP contribution is 2.19. The molecule has 0 saturated carbocycles. The third kappa shape index (κ3) is 3.32. The normalized spacial score (nSPS) is 10.7. The van der Waals surface area contributed by atoms with Crippen molar-refractivity contribution in [3.63, 3.8) is 0 Å². The summed E-state index contributed by atoms with van der Waals surface area (Å²) in [4.78, 5) is 7.64. The first-order valence-electron chi connectivity index (χ1n) is 5.80. The van der Waals surface area contributed by atoms with Crippen LogP contribution in [-0.2, 0) is 6.54 Å². The Morgan fingerprint density at radius 2 is 2.29 bits per heavy atom. The van der Waals surface area contributed by atoms with Crippen LogP contribution in [0.2, 0.25) is 5.02 Å². The van der Waals surface area contributed by atoms with Gasteiger partial charge in [0.05, 0.1) is 0 Å². The third-order valence-corrected chi connectivity index (χ3v) is 2.70. The zero-order chi connectivity index (χ0) is 12.1. The molecule has 1 aromatic carbocycles. The van der Waals surface area contributed by atoms with Gasteiger partial charge >= 0.3 is 0 Å². The quantitative estimate of drug-likeness (QED) is 0.799. The number of nitrogens with zero attached hydrogens (tertiary/aromatic N) is 1. The van der Waals surface area contributed by atoms with Crippen LogP contribution in [0.5, 0.6) is 0 Å². The topological polar surface area (TPSA) is 40.7 Å². The number of halogens is 1. The molecule has 17 heavy (non-hydrogen) atoms. The molecule has 0 radical (unpaired) electrons. The van der Waals surface area contributed by atoms with E-state index in [-0.39, 0.29) is 0 Å². The molecule has 0 saturated heterocycles. The van der Waals surface area contributed by atoms with Crippen molar-refractivity contribution in [3.05, 3.63) is 41.2 Å². The highest BCUT2D eigenvalue weighted by molar-refractivity contribution is 6.30. The first-order chi connectivity index (χ1) is 8.29. The molecule has 4 heteroatoms. The van der Waals surface area contributed by atoms with Crippen LogP contribution in [0.15, 0.2) is 30.5 Å². The average molecular weight is 250 g/mol. The van der Waals surface area contributed by atoms with E-state index < -0.39 is 0 Å². The Labute approximate surface area is 106 Å². The fraction of sp³-hybridized carbons (Fsp3) is 0.308. The predicted molar refractivity (Wildman–Crippen MR) is 71.0 cm³/mol. The molecule has 90 valence electrons. The molecule has 1 heterocycles. The summed E-state index contributed by atoms with van der Waals surface area (Å²) < 4.78 is 0. The predicted octanol–water partition coefficient (Wildman–Crippen LogP) is 3.23. The molecule has 3 nitrogen and oxygen atoms in total. The molecule has 0 spiro atoms. The van der Waals surface area contributed by atoms with Crippen molar-refractivity contribution in [3.8, 4) is 11.4 Å². The summed E-state index contributed by atoms with van der Waals surface area (Å²) >= 11 is 5.95. The summed E-state index contributed by atoms with van der Waals surface area (Å²) in [5.74, 6) is 0.862. The molecule has 2 N–H and O–H groups in total. The number of imidazole rings is 1. The van der Waals surface area contributed by atoms with Crippen LogP contribution in [0.25, 0.3) is 11.4 Å². The number of hydrogen-bond donors (Lipinski definition) is 2. The summed E-state index contributed by atoms with van der Waals surface area (Å²) in [6, 6.07) is 7.69. The van der Waals surface area contributed by atoms with Gasteiger partial charge in [-0.2, -0.15) is 0 Å². The summed E-state index contributed by atoms with van der Waals surface area (Å²) in [6.07, 6.45) is 2.99. The SMILES string of the molecule is CCCNCc1cnc(-c2cccc(Cl)c2)[nH]1. The van der Waals surface area contributed by atoms with Gasteiger partial charge in [0.1, 0.15) is 5.82 Å². The minimum absolute atomic E-state index is 0.726. The number of hydrogen-bond acceptors (Lipinski definition) is 2. The Morgan fingerprint density at radius 1 is 1.41 bits per heavy atom. The zero-order valence-electron chi connectivity index (χ0n) is 9.83. The number of aromatic nitrogens is 2. The lowest BCUT2D eigenvalue weighted by atomic mass is 10.2. The van der Waals surface area contributed by atoms with Gasteiger partial charge in [0.25, 0.3) is 0 Å². The second-order valence-electron chi connectivity index (χ2n) is 3.94. The molecular weight excluding hydrogens is 234 g/mol. The Kier molecular flexibility index (Phi) is 4.18. The molecule has 2 aromatic rings. The first-order valence-corrected chi connectivity index (χ1v) is 6.18. The molecule has 0 aliphatic heterocycles. The van der Waals surface area contributed by atoms with E-state index in [1.165, 1.54) is 0 Å². The molecule has 0 atom stereocenters. The third-order valence-electron chi connectivity index (χ3n) is 2.47. The van der Waals surface area contributed by atoms with E-state index in [0.29, 0.717) is 0 Å².